The molecule has 0 bridgehead atoms. The molecule has 0 saturated heterocycles. The molecule has 0 radical (unpaired) electrons. The van der Waals surface area contributed by atoms with Crippen LogP contribution in [0, 0.1) is 0 Å². The first-order valence-corrected chi connectivity index (χ1v) is 6.54. The number of nitrogens with one attached hydrogen (secondary N) is 1. The van der Waals surface area contributed by atoms with Crippen molar-refractivity contribution in [2.24, 2.45) is 0 Å². The van der Waals surface area contributed by atoms with E-state index in [1.54, 1.807) is 13.8 Å². The van der Waals surface area contributed by atoms with Crippen LogP contribution in [0.5, 0.6) is 0 Å². The van der Waals surface area contributed by atoms with Gasteiger partial charge in [0, 0.05) is 16.7 Å². The maximum atomic E-state index is 11.8. The summed E-state index contributed by atoms with van der Waals surface area (Å²) < 4.78 is 26.5. The van der Waals surface area contributed by atoms with Gasteiger partial charge < -0.3 is 5.73 Å². The van der Waals surface area contributed by atoms with Crippen molar-refractivity contribution in [3.8, 4) is 0 Å². The van der Waals surface area contributed by atoms with E-state index in [0.29, 0.717) is 4.47 Å². The van der Waals surface area contributed by atoms with E-state index in [1.165, 1.54) is 12.3 Å². The second kappa shape index (κ2) is 4.46. The molecule has 0 saturated carbocycles. The minimum absolute atomic E-state index is 0.00801. The molecule has 1 aromatic rings. The number of rotatable bonds is 3. The van der Waals surface area contributed by atoms with Crippen LogP contribution < -0.4 is 10.5 Å². The molecule has 15 heavy (non-hydrogen) atoms. The van der Waals surface area contributed by atoms with E-state index in [1.807, 2.05) is 0 Å². The Morgan fingerprint density at radius 1 is 1.53 bits per heavy atom. The Hall–Kier alpha value is -0.660. The molecule has 0 atom stereocenters. The predicted octanol–water partition coefficient (Wildman–Crippen LogP) is 1.11. The summed E-state index contributed by atoms with van der Waals surface area (Å²) >= 11 is 3.14. The number of nitrogens with two attached hydrogens (primary N) is 1. The number of nitrogen functional groups attached to an aromatic ring is 1. The molecule has 1 rings (SSSR count). The second-order valence-electron chi connectivity index (χ2n) is 3.31. The smallest absolute Gasteiger partial charge is 0.244 e. The predicted molar refractivity (Wildman–Crippen MR) is 61.8 cm³/mol. The highest BCUT2D eigenvalue weighted by Crippen LogP contribution is 2.20. The normalized spacial score (nSPS) is 12.0. The summed E-state index contributed by atoms with van der Waals surface area (Å²) in [5, 5.41) is 0. The van der Waals surface area contributed by atoms with Gasteiger partial charge in [0.05, 0.1) is 0 Å². The van der Waals surface area contributed by atoms with E-state index >= 15 is 0 Å². The molecule has 0 amide bonds. The summed E-state index contributed by atoms with van der Waals surface area (Å²) in [5.41, 5.74) is 5.50. The molecule has 84 valence electrons. The summed E-state index contributed by atoms with van der Waals surface area (Å²) in [6, 6.07) is 1.24. The minimum atomic E-state index is -3.58. The van der Waals surface area contributed by atoms with Gasteiger partial charge in [0.2, 0.25) is 10.0 Å². The number of pyridine rings is 1. The highest BCUT2D eigenvalue weighted by Gasteiger charge is 2.19. The zero-order chi connectivity index (χ0) is 11.6. The molecule has 0 unspecified atom stereocenters. The van der Waals surface area contributed by atoms with E-state index in [9.17, 15) is 8.42 Å². The van der Waals surface area contributed by atoms with E-state index in [4.69, 9.17) is 5.73 Å². The average molecular weight is 294 g/mol. The molecule has 1 heterocycles. The summed E-state index contributed by atoms with van der Waals surface area (Å²) in [5.74, 6) is -0.00801. The third kappa shape index (κ3) is 3.15. The first-order valence-electron chi connectivity index (χ1n) is 4.26. The van der Waals surface area contributed by atoms with Crippen molar-refractivity contribution in [3.63, 3.8) is 0 Å². The summed E-state index contributed by atoms with van der Waals surface area (Å²) in [4.78, 5) is 3.76. The molecular formula is C8H12BrN3O2S. The SMILES string of the molecule is CC(C)NS(=O)(=O)c1cc(Br)cnc1N. The van der Waals surface area contributed by atoms with Gasteiger partial charge in [-0.25, -0.2) is 18.1 Å². The topological polar surface area (TPSA) is 85.1 Å². The fourth-order valence-electron chi connectivity index (χ4n) is 1.02. The van der Waals surface area contributed by atoms with Crippen molar-refractivity contribution < 1.29 is 8.42 Å². The van der Waals surface area contributed by atoms with E-state index in [0.717, 1.165) is 0 Å². The van der Waals surface area contributed by atoms with Gasteiger partial charge in [0.1, 0.15) is 10.7 Å². The van der Waals surface area contributed by atoms with Crippen molar-refractivity contribution in [2.45, 2.75) is 24.8 Å². The monoisotopic (exact) mass is 293 g/mol. The quantitative estimate of drug-likeness (QED) is 0.874. The molecule has 0 spiro atoms. The van der Waals surface area contributed by atoms with Crippen molar-refractivity contribution >= 4 is 31.8 Å². The minimum Gasteiger partial charge on any atom is -0.383 e. The lowest BCUT2D eigenvalue weighted by atomic mass is 10.4. The zero-order valence-corrected chi connectivity index (χ0v) is 10.8. The Labute approximate surface area is 97.3 Å². The second-order valence-corrected chi connectivity index (χ2v) is 5.91. The molecule has 3 N–H and O–H groups in total. The molecule has 5 nitrogen and oxygen atoms in total. The standard InChI is InChI=1S/C8H12BrN3O2S/c1-5(2)12-15(13,14)7-3-6(9)4-11-8(7)10/h3-5,12H,1-2H3,(H2,10,11). The maximum Gasteiger partial charge on any atom is 0.244 e. The van der Waals surface area contributed by atoms with Crippen LogP contribution in [0.25, 0.3) is 0 Å². The number of halogens is 1. The molecular weight excluding hydrogens is 282 g/mol. The van der Waals surface area contributed by atoms with Gasteiger partial charge in [-0.3, -0.25) is 0 Å². The summed E-state index contributed by atoms with van der Waals surface area (Å²) in [6.07, 6.45) is 1.45. The molecule has 1 aromatic heterocycles. The Balaban J connectivity index is 3.21. The number of hydrogen-bond acceptors (Lipinski definition) is 4. The van der Waals surface area contributed by atoms with Gasteiger partial charge >= 0.3 is 0 Å². The molecule has 0 aromatic carbocycles. The van der Waals surface area contributed by atoms with Gasteiger partial charge in [-0.15, -0.1) is 0 Å². The van der Waals surface area contributed by atoms with E-state index in [-0.39, 0.29) is 16.8 Å². The third-order valence-electron chi connectivity index (χ3n) is 1.53. The number of sulfonamides is 1. The van der Waals surface area contributed by atoms with Crippen molar-refractivity contribution in [2.75, 3.05) is 5.73 Å². The van der Waals surface area contributed by atoms with E-state index in [2.05, 4.69) is 25.6 Å². The Morgan fingerprint density at radius 3 is 2.67 bits per heavy atom. The molecule has 7 heteroatoms. The number of hydrogen-bond donors (Lipinski definition) is 2. The molecule has 0 aliphatic carbocycles. The van der Waals surface area contributed by atoms with Crippen LogP contribution in [-0.2, 0) is 10.0 Å². The number of aromatic nitrogens is 1. The van der Waals surface area contributed by atoms with Crippen LogP contribution in [0.1, 0.15) is 13.8 Å². The van der Waals surface area contributed by atoms with Crippen molar-refractivity contribution in [1.82, 2.24) is 9.71 Å². The fraction of sp³-hybridized carbons (Fsp3) is 0.375. The van der Waals surface area contributed by atoms with Crippen LogP contribution in [0.3, 0.4) is 0 Å². The van der Waals surface area contributed by atoms with Crippen LogP contribution >= 0.6 is 15.9 Å². The lowest BCUT2D eigenvalue weighted by Gasteiger charge is -2.10. The lowest BCUT2D eigenvalue weighted by Crippen LogP contribution is -2.30. The Bertz CT molecular complexity index is 459. The van der Waals surface area contributed by atoms with Gasteiger partial charge in [-0.2, -0.15) is 0 Å². The van der Waals surface area contributed by atoms with Gasteiger partial charge in [-0.05, 0) is 35.8 Å². The largest absolute Gasteiger partial charge is 0.383 e. The van der Waals surface area contributed by atoms with Crippen LogP contribution in [0.2, 0.25) is 0 Å². The Morgan fingerprint density at radius 2 is 2.13 bits per heavy atom. The van der Waals surface area contributed by atoms with Crippen molar-refractivity contribution in [1.29, 1.82) is 0 Å². The van der Waals surface area contributed by atoms with Crippen LogP contribution in [0.4, 0.5) is 5.82 Å². The highest BCUT2D eigenvalue weighted by molar-refractivity contribution is 9.10. The van der Waals surface area contributed by atoms with E-state index < -0.39 is 10.0 Å². The van der Waals surface area contributed by atoms with Gasteiger partial charge in [0.25, 0.3) is 0 Å². The molecule has 0 fully saturated rings. The first kappa shape index (κ1) is 12.4. The number of nitrogens with zero attached hydrogens (tertiary/aromatic N) is 1. The molecule has 0 aliphatic heterocycles. The fourth-order valence-corrected chi connectivity index (χ4v) is 2.86. The van der Waals surface area contributed by atoms with Crippen molar-refractivity contribution in [3.05, 3.63) is 16.7 Å². The van der Waals surface area contributed by atoms with Gasteiger partial charge in [-0.1, -0.05) is 0 Å². The highest BCUT2D eigenvalue weighted by atomic mass is 79.9. The van der Waals surface area contributed by atoms with Crippen LogP contribution in [-0.4, -0.2) is 19.4 Å². The summed E-state index contributed by atoms with van der Waals surface area (Å²) in [6.45, 7) is 3.47. The molecule has 0 aliphatic rings. The van der Waals surface area contributed by atoms with Crippen LogP contribution in [0.15, 0.2) is 21.6 Å². The average Bonchev–Trinajstić information content (AvgIpc) is 2.06. The Kier molecular flexibility index (Phi) is 3.69. The zero-order valence-electron chi connectivity index (χ0n) is 8.36. The third-order valence-corrected chi connectivity index (χ3v) is 3.65. The number of anilines is 1. The summed E-state index contributed by atoms with van der Waals surface area (Å²) in [7, 11) is -3.58. The maximum absolute atomic E-state index is 11.8. The first-order chi connectivity index (χ1) is 6.83. The van der Waals surface area contributed by atoms with Gasteiger partial charge in [0.15, 0.2) is 0 Å². The lowest BCUT2D eigenvalue weighted by molar-refractivity contribution is 0.570.